The van der Waals surface area contributed by atoms with Crippen LogP contribution in [0.15, 0.2) is 24.3 Å². The number of fused-ring (bicyclic) bond motifs is 3. The van der Waals surface area contributed by atoms with E-state index in [0.29, 0.717) is 0 Å². The first-order chi connectivity index (χ1) is 13.2. The average molecular weight is 400 g/mol. The molecule has 0 bridgehead atoms. The van der Waals surface area contributed by atoms with E-state index in [0.717, 1.165) is 0 Å². The number of aliphatic hydroxyl groups is 1. The topological polar surface area (TPSA) is 112 Å². The van der Waals surface area contributed by atoms with E-state index in [9.17, 15) is 29.1 Å². The monoisotopic (exact) mass is 400 g/mol. The largest absolute Gasteiger partial charge is 0.507 e. The third-order valence-electron chi connectivity index (χ3n) is 5.72. The van der Waals surface area contributed by atoms with Gasteiger partial charge in [-0.15, -0.1) is 0 Å². The minimum atomic E-state index is -1.55. The number of carbonyl (C=O) groups is 2. The van der Waals surface area contributed by atoms with E-state index < -0.39 is 39.0 Å². The van der Waals surface area contributed by atoms with E-state index in [1.807, 2.05) is 0 Å². The first-order valence-electron chi connectivity index (χ1n) is 9.09. The molecule has 0 saturated heterocycles. The van der Waals surface area contributed by atoms with Crippen LogP contribution in [0.2, 0.25) is 0 Å². The number of rotatable bonds is 2. The fourth-order valence-corrected chi connectivity index (χ4v) is 5.85. The molecular formula is C21H20O6S. The maximum Gasteiger partial charge on any atom is 0.198 e. The summed E-state index contributed by atoms with van der Waals surface area (Å²) >= 11 is 0. The van der Waals surface area contributed by atoms with Crippen molar-refractivity contribution in [3.8, 4) is 11.5 Å². The lowest BCUT2D eigenvalue weighted by Crippen LogP contribution is -2.40. The quantitative estimate of drug-likeness (QED) is 0.570. The molecule has 1 unspecified atom stereocenters. The molecule has 146 valence electrons. The highest BCUT2D eigenvalue weighted by Crippen LogP contribution is 2.52. The van der Waals surface area contributed by atoms with Crippen LogP contribution in [0.5, 0.6) is 11.5 Å². The van der Waals surface area contributed by atoms with Gasteiger partial charge in [-0.25, -0.2) is 0 Å². The van der Waals surface area contributed by atoms with E-state index >= 15 is 0 Å². The molecule has 4 rings (SSSR count). The highest BCUT2D eigenvalue weighted by atomic mass is 32.2. The minimum Gasteiger partial charge on any atom is -0.507 e. The van der Waals surface area contributed by atoms with Gasteiger partial charge in [-0.2, -0.15) is 0 Å². The summed E-state index contributed by atoms with van der Waals surface area (Å²) in [6, 6.07) is 6.24. The first kappa shape index (κ1) is 18.8. The molecule has 28 heavy (non-hydrogen) atoms. The second-order valence-electron chi connectivity index (χ2n) is 7.45. The number of aromatic hydroxyl groups is 2. The highest BCUT2D eigenvalue weighted by Gasteiger charge is 2.47. The summed E-state index contributed by atoms with van der Waals surface area (Å²) in [6.07, 6.45) is 0.399. The van der Waals surface area contributed by atoms with E-state index in [-0.39, 0.29) is 57.7 Å². The number of ketones is 2. The molecule has 2 aromatic carbocycles. The van der Waals surface area contributed by atoms with Crippen LogP contribution in [0.4, 0.5) is 0 Å². The van der Waals surface area contributed by atoms with Gasteiger partial charge < -0.3 is 15.3 Å². The molecule has 0 amide bonds. The average Bonchev–Trinajstić information content (AvgIpc) is 2.67. The molecule has 0 spiro atoms. The van der Waals surface area contributed by atoms with Crippen LogP contribution in [0.3, 0.4) is 0 Å². The summed E-state index contributed by atoms with van der Waals surface area (Å²) in [4.78, 5) is 26.0. The third kappa shape index (κ3) is 2.39. The maximum absolute atomic E-state index is 13.1. The van der Waals surface area contributed by atoms with Crippen molar-refractivity contribution in [1.29, 1.82) is 0 Å². The highest BCUT2D eigenvalue weighted by molar-refractivity contribution is 7.85. The normalized spacial score (nSPS) is 24.3. The van der Waals surface area contributed by atoms with Gasteiger partial charge in [-0.05, 0) is 19.8 Å². The first-order valence-corrected chi connectivity index (χ1v) is 10.5. The van der Waals surface area contributed by atoms with E-state index in [4.69, 9.17) is 0 Å². The fourth-order valence-electron chi connectivity index (χ4n) is 4.32. The summed E-state index contributed by atoms with van der Waals surface area (Å²) in [5.74, 6) is -1.72. The van der Waals surface area contributed by atoms with Crippen molar-refractivity contribution in [2.45, 2.75) is 37.5 Å². The minimum absolute atomic E-state index is 0.105. The Morgan fingerprint density at radius 2 is 1.61 bits per heavy atom. The van der Waals surface area contributed by atoms with Gasteiger partial charge in [-0.1, -0.05) is 31.2 Å². The maximum atomic E-state index is 13.1. The van der Waals surface area contributed by atoms with Crippen molar-refractivity contribution in [3.63, 3.8) is 0 Å². The Kier molecular flexibility index (Phi) is 4.21. The van der Waals surface area contributed by atoms with Crippen molar-refractivity contribution in [1.82, 2.24) is 0 Å². The van der Waals surface area contributed by atoms with Crippen LogP contribution in [0, 0.1) is 0 Å². The molecule has 2 aliphatic rings. The van der Waals surface area contributed by atoms with Gasteiger partial charge in [-0.3, -0.25) is 13.8 Å². The SMILES string of the molecule is CCS(=O)[C@@H]1c2c(O)c3c(c(O)c2CC[C@@]1(C)O)C(=O)c1ccccc1C3=O. The molecule has 0 aliphatic heterocycles. The van der Waals surface area contributed by atoms with Crippen LogP contribution in [-0.4, -0.2) is 42.4 Å². The van der Waals surface area contributed by atoms with E-state index in [1.165, 1.54) is 19.1 Å². The van der Waals surface area contributed by atoms with Crippen molar-refractivity contribution in [3.05, 3.63) is 57.6 Å². The molecule has 0 radical (unpaired) electrons. The molecular weight excluding hydrogens is 380 g/mol. The summed E-state index contributed by atoms with van der Waals surface area (Å²) in [7, 11) is -1.55. The molecule has 0 saturated carbocycles. The van der Waals surface area contributed by atoms with Gasteiger partial charge >= 0.3 is 0 Å². The van der Waals surface area contributed by atoms with Crippen LogP contribution < -0.4 is 0 Å². The lowest BCUT2D eigenvalue weighted by atomic mass is 9.74. The van der Waals surface area contributed by atoms with Gasteiger partial charge in [0.25, 0.3) is 0 Å². The fraction of sp³-hybridized carbons (Fsp3) is 0.333. The molecule has 6 nitrogen and oxygen atoms in total. The smallest absolute Gasteiger partial charge is 0.198 e. The Bertz CT molecular complexity index is 1070. The Balaban J connectivity index is 2.07. The number of carbonyl (C=O) groups excluding carboxylic acids is 2. The number of hydrogen-bond donors (Lipinski definition) is 3. The molecule has 2 aromatic rings. The van der Waals surface area contributed by atoms with Crippen molar-refractivity contribution >= 4 is 22.4 Å². The predicted molar refractivity (Wildman–Crippen MR) is 103 cm³/mol. The summed E-state index contributed by atoms with van der Waals surface area (Å²) in [5.41, 5.74) is -1.19. The summed E-state index contributed by atoms with van der Waals surface area (Å²) in [6.45, 7) is 3.23. The van der Waals surface area contributed by atoms with Crippen LogP contribution in [0.25, 0.3) is 0 Å². The zero-order chi connectivity index (χ0) is 20.4. The molecule has 7 heteroatoms. The standard InChI is InChI=1S/C21H20O6S/c1-3-28(27)20-13-12(8-9-21(20,2)26)18(24)14-15(19(13)25)17(23)11-7-5-4-6-10(11)16(14)22/h4-7,20,24-26H,3,8-9H2,1-2H3/t20-,21-,28?/m1/s1. The lowest BCUT2D eigenvalue weighted by molar-refractivity contribution is 0.0399. The van der Waals surface area contributed by atoms with Crippen LogP contribution >= 0.6 is 0 Å². The number of benzene rings is 2. The predicted octanol–water partition coefficient (Wildman–Crippen LogP) is 2.38. The van der Waals surface area contributed by atoms with E-state index in [1.54, 1.807) is 19.1 Å². The van der Waals surface area contributed by atoms with Crippen molar-refractivity contribution in [2.24, 2.45) is 0 Å². The van der Waals surface area contributed by atoms with Gasteiger partial charge in [0.2, 0.25) is 0 Å². The Labute approximate surface area is 164 Å². The zero-order valence-electron chi connectivity index (χ0n) is 15.5. The lowest BCUT2D eigenvalue weighted by Gasteiger charge is -2.39. The molecule has 3 atom stereocenters. The molecule has 0 heterocycles. The van der Waals surface area contributed by atoms with Crippen LogP contribution in [-0.2, 0) is 17.2 Å². The summed E-state index contributed by atoms with van der Waals surface area (Å²) in [5, 5.41) is 31.8. The van der Waals surface area contributed by atoms with Gasteiger partial charge in [0.1, 0.15) is 11.5 Å². The Hall–Kier alpha value is -2.51. The molecule has 2 aliphatic carbocycles. The number of hydrogen-bond acceptors (Lipinski definition) is 6. The Morgan fingerprint density at radius 3 is 2.14 bits per heavy atom. The van der Waals surface area contributed by atoms with Gasteiger partial charge in [0, 0.05) is 38.8 Å². The molecule has 0 aromatic heterocycles. The third-order valence-corrected chi connectivity index (χ3v) is 7.55. The summed E-state index contributed by atoms with van der Waals surface area (Å²) < 4.78 is 12.7. The zero-order valence-corrected chi connectivity index (χ0v) is 16.3. The Morgan fingerprint density at radius 1 is 1.07 bits per heavy atom. The number of phenolic OH excluding ortho intramolecular Hbond substituents is 2. The van der Waals surface area contributed by atoms with Crippen molar-refractivity contribution in [2.75, 3.05) is 5.75 Å². The van der Waals surface area contributed by atoms with Gasteiger partial charge in [0.15, 0.2) is 11.6 Å². The molecule has 0 fully saturated rings. The molecule has 3 N–H and O–H groups in total. The second-order valence-corrected chi connectivity index (χ2v) is 9.26. The van der Waals surface area contributed by atoms with Crippen molar-refractivity contribution < 1.29 is 29.1 Å². The second kappa shape index (κ2) is 6.25. The van der Waals surface area contributed by atoms with Gasteiger partial charge in [0.05, 0.1) is 22.0 Å². The van der Waals surface area contributed by atoms with Crippen LogP contribution in [0.1, 0.15) is 68.5 Å². The number of phenols is 2. The van der Waals surface area contributed by atoms with E-state index in [2.05, 4.69) is 0 Å².